The van der Waals surface area contributed by atoms with Gasteiger partial charge in [-0.1, -0.05) is 32.9 Å². The number of hydrogen-bond donors (Lipinski definition) is 1. The van der Waals surface area contributed by atoms with E-state index in [1.54, 1.807) is 6.07 Å². The maximum atomic E-state index is 13.9. The van der Waals surface area contributed by atoms with Crippen molar-refractivity contribution in [3.63, 3.8) is 0 Å². The van der Waals surface area contributed by atoms with Gasteiger partial charge in [-0.2, -0.15) is 0 Å². The second-order valence-electron chi connectivity index (χ2n) is 6.12. The van der Waals surface area contributed by atoms with E-state index in [1.807, 2.05) is 12.1 Å². The van der Waals surface area contributed by atoms with Crippen LogP contribution in [-0.4, -0.2) is 24.5 Å². The highest BCUT2D eigenvalue weighted by Crippen LogP contribution is 2.15. The molecule has 1 atom stereocenters. The molecule has 20 heavy (non-hydrogen) atoms. The smallest absolute Gasteiger partial charge is 0.127 e. The lowest BCUT2D eigenvalue weighted by atomic mass is 10.1. The molecule has 1 aromatic carbocycles. The van der Waals surface area contributed by atoms with Crippen molar-refractivity contribution in [2.24, 2.45) is 5.92 Å². The first-order valence-corrected chi connectivity index (χ1v) is 7.62. The zero-order chi connectivity index (χ0) is 15.1. The zero-order valence-electron chi connectivity index (χ0n) is 13.5. The Kier molecular flexibility index (Phi) is 7.17. The summed E-state index contributed by atoms with van der Waals surface area (Å²) in [5, 5.41) is 3.40. The summed E-state index contributed by atoms with van der Waals surface area (Å²) < 4.78 is 13.9. The molecule has 2 nitrogen and oxygen atoms in total. The fraction of sp³-hybridized carbons (Fsp3) is 0.647. The van der Waals surface area contributed by atoms with Crippen molar-refractivity contribution < 1.29 is 4.39 Å². The predicted octanol–water partition coefficient (Wildman–Crippen LogP) is 3.80. The van der Waals surface area contributed by atoms with E-state index in [2.05, 4.69) is 45.0 Å². The van der Waals surface area contributed by atoms with Crippen LogP contribution in [0.3, 0.4) is 0 Å². The van der Waals surface area contributed by atoms with Gasteiger partial charge in [-0.05, 0) is 44.5 Å². The van der Waals surface area contributed by atoms with Gasteiger partial charge in [0.2, 0.25) is 0 Å². The molecule has 0 amide bonds. The highest BCUT2D eigenvalue weighted by Gasteiger charge is 2.11. The molecule has 0 aliphatic heterocycles. The minimum absolute atomic E-state index is 0.104. The molecule has 1 aromatic rings. The number of halogens is 1. The summed E-state index contributed by atoms with van der Waals surface area (Å²) in [6.45, 7) is 11.2. The van der Waals surface area contributed by atoms with Crippen molar-refractivity contribution in [1.82, 2.24) is 10.2 Å². The third-order valence-corrected chi connectivity index (χ3v) is 3.75. The zero-order valence-corrected chi connectivity index (χ0v) is 13.5. The molecule has 1 unspecified atom stereocenters. The van der Waals surface area contributed by atoms with E-state index in [9.17, 15) is 4.39 Å². The summed E-state index contributed by atoms with van der Waals surface area (Å²) in [6, 6.07) is 5.92. The fourth-order valence-electron chi connectivity index (χ4n) is 2.10. The van der Waals surface area contributed by atoms with Gasteiger partial charge < -0.3 is 5.32 Å². The van der Waals surface area contributed by atoms with Crippen LogP contribution in [0.4, 0.5) is 4.39 Å². The first-order chi connectivity index (χ1) is 9.43. The van der Waals surface area contributed by atoms with E-state index in [4.69, 9.17) is 0 Å². The first-order valence-electron chi connectivity index (χ1n) is 7.62. The standard InChI is InChI=1S/C17H29FN2/c1-6-14(4)20(5)12-16-9-15(7-8-17(16)18)11-19-10-13(2)3/h7-9,13-14,19H,6,10-12H2,1-5H3. The molecule has 114 valence electrons. The summed E-state index contributed by atoms with van der Waals surface area (Å²) >= 11 is 0. The predicted molar refractivity (Wildman–Crippen MR) is 84.2 cm³/mol. The van der Waals surface area contributed by atoms with E-state index < -0.39 is 0 Å². The molecule has 0 aromatic heterocycles. The molecular formula is C17H29FN2. The minimum atomic E-state index is -0.104. The van der Waals surface area contributed by atoms with Crippen molar-refractivity contribution in [3.8, 4) is 0 Å². The van der Waals surface area contributed by atoms with Gasteiger partial charge >= 0.3 is 0 Å². The molecular weight excluding hydrogens is 251 g/mol. The van der Waals surface area contributed by atoms with Crippen LogP contribution in [-0.2, 0) is 13.1 Å². The van der Waals surface area contributed by atoms with E-state index in [-0.39, 0.29) is 5.82 Å². The molecule has 0 heterocycles. The molecule has 0 saturated carbocycles. The first kappa shape index (κ1) is 17.1. The van der Waals surface area contributed by atoms with Crippen molar-refractivity contribution in [2.75, 3.05) is 13.6 Å². The Morgan fingerprint density at radius 3 is 2.55 bits per heavy atom. The maximum absolute atomic E-state index is 13.9. The van der Waals surface area contributed by atoms with Crippen molar-refractivity contribution >= 4 is 0 Å². The van der Waals surface area contributed by atoms with Gasteiger partial charge in [-0.3, -0.25) is 4.90 Å². The molecule has 3 heteroatoms. The summed E-state index contributed by atoms with van der Waals surface area (Å²) in [5.41, 5.74) is 1.94. The highest BCUT2D eigenvalue weighted by atomic mass is 19.1. The minimum Gasteiger partial charge on any atom is -0.312 e. The Balaban J connectivity index is 2.66. The van der Waals surface area contributed by atoms with Gasteiger partial charge in [0, 0.05) is 24.7 Å². The van der Waals surface area contributed by atoms with Crippen LogP contribution in [0.1, 0.15) is 45.2 Å². The monoisotopic (exact) mass is 280 g/mol. The Hall–Kier alpha value is -0.930. The molecule has 0 aliphatic carbocycles. The molecule has 0 bridgehead atoms. The summed E-state index contributed by atoms with van der Waals surface area (Å²) in [4.78, 5) is 2.20. The van der Waals surface area contributed by atoms with Gasteiger partial charge in [-0.25, -0.2) is 4.39 Å². The van der Waals surface area contributed by atoms with Gasteiger partial charge in [0.15, 0.2) is 0 Å². The molecule has 0 spiro atoms. The lowest BCUT2D eigenvalue weighted by Gasteiger charge is -2.24. The number of nitrogens with one attached hydrogen (secondary N) is 1. The normalized spacial score (nSPS) is 13.2. The number of benzene rings is 1. The lowest BCUT2D eigenvalue weighted by Crippen LogP contribution is -2.28. The van der Waals surface area contributed by atoms with Crippen LogP contribution in [0.2, 0.25) is 0 Å². The molecule has 0 fully saturated rings. The van der Waals surface area contributed by atoms with Crippen molar-refractivity contribution in [2.45, 2.75) is 53.2 Å². The summed E-state index contributed by atoms with van der Waals surface area (Å²) in [6.07, 6.45) is 1.08. The Bertz CT molecular complexity index is 404. The van der Waals surface area contributed by atoms with Crippen LogP contribution in [0.15, 0.2) is 18.2 Å². The third kappa shape index (κ3) is 5.59. The Morgan fingerprint density at radius 1 is 1.25 bits per heavy atom. The van der Waals surface area contributed by atoms with Crippen LogP contribution in [0.25, 0.3) is 0 Å². The number of nitrogens with zero attached hydrogens (tertiary/aromatic N) is 1. The topological polar surface area (TPSA) is 15.3 Å². The average Bonchev–Trinajstić information content (AvgIpc) is 2.40. The van der Waals surface area contributed by atoms with Crippen LogP contribution in [0, 0.1) is 11.7 Å². The van der Waals surface area contributed by atoms with Gasteiger partial charge in [-0.15, -0.1) is 0 Å². The molecule has 0 radical (unpaired) electrons. The van der Waals surface area contributed by atoms with Crippen molar-refractivity contribution in [1.29, 1.82) is 0 Å². The van der Waals surface area contributed by atoms with E-state index >= 15 is 0 Å². The second-order valence-corrected chi connectivity index (χ2v) is 6.12. The molecule has 1 rings (SSSR count). The fourth-order valence-corrected chi connectivity index (χ4v) is 2.10. The Labute approximate surface area is 123 Å². The summed E-state index contributed by atoms with van der Waals surface area (Å²) in [7, 11) is 2.05. The van der Waals surface area contributed by atoms with Crippen LogP contribution in [0.5, 0.6) is 0 Å². The highest BCUT2D eigenvalue weighted by molar-refractivity contribution is 5.25. The van der Waals surface area contributed by atoms with Gasteiger partial charge in [0.25, 0.3) is 0 Å². The summed E-state index contributed by atoms with van der Waals surface area (Å²) in [5.74, 6) is 0.527. The van der Waals surface area contributed by atoms with E-state index in [1.165, 1.54) is 0 Å². The quantitative estimate of drug-likeness (QED) is 0.779. The van der Waals surface area contributed by atoms with Crippen LogP contribution < -0.4 is 5.32 Å². The van der Waals surface area contributed by atoms with Crippen LogP contribution >= 0.6 is 0 Å². The third-order valence-electron chi connectivity index (χ3n) is 3.75. The van der Waals surface area contributed by atoms with Gasteiger partial charge in [0.1, 0.15) is 5.82 Å². The second kappa shape index (κ2) is 8.38. The average molecular weight is 280 g/mol. The molecule has 1 N–H and O–H groups in total. The number of hydrogen-bond acceptors (Lipinski definition) is 2. The molecule has 0 saturated heterocycles. The molecule has 0 aliphatic rings. The van der Waals surface area contributed by atoms with E-state index in [0.29, 0.717) is 18.5 Å². The SMILES string of the molecule is CCC(C)N(C)Cc1cc(CNCC(C)C)ccc1F. The Morgan fingerprint density at radius 2 is 1.95 bits per heavy atom. The van der Waals surface area contributed by atoms with E-state index in [0.717, 1.165) is 30.6 Å². The largest absolute Gasteiger partial charge is 0.312 e. The lowest BCUT2D eigenvalue weighted by molar-refractivity contribution is 0.240. The maximum Gasteiger partial charge on any atom is 0.127 e. The number of rotatable bonds is 8. The van der Waals surface area contributed by atoms with Crippen molar-refractivity contribution in [3.05, 3.63) is 35.1 Å². The van der Waals surface area contributed by atoms with Gasteiger partial charge in [0.05, 0.1) is 0 Å².